The second-order valence-electron chi connectivity index (χ2n) is 6.29. The standard InChI is InChI=1S/C16H35N3O/c1-5-20-12-6-9-17-13-15(2)19(4)14-16-7-10-18(3)11-8-16/h15-17H,5-14H2,1-4H3. The van der Waals surface area contributed by atoms with Gasteiger partial charge in [0, 0.05) is 32.3 Å². The van der Waals surface area contributed by atoms with Crippen molar-refractivity contribution in [3.63, 3.8) is 0 Å². The number of hydrogen-bond donors (Lipinski definition) is 1. The Kier molecular flexibility index (Phi) is 9.44. The fourth-order valence-electron chi connectivity index (χ4n) is 2.74. The summed E-state index contributed by atoms with van der Waals surface area (Å²) >= 11 is 0. The summed E-state index contributed by atoms with van der Waals surface area (Å²) in [5, 5.41) is 3.54. The highest BCUT2D eigenvalue weighted by molar-refractivity contribution is 4.75. The van der Waals surface area contributed by atoms with Crippen molar-refractivity contribution in [2.75, 3.05) is 60.0 Å². The van der Waals surface area contributed by atoms with E-state index >= 15 is 0 Å². The molecule has 0 radical (unpaired) electrons. The topological polar surface area (TPSA) is 27.7 Å². The van der Waals surface area contributed by atoms with Gasteiger partial charge in [-0.25, -0.2) is 0 Å². The molecule has 1 N–H and O–H groups in total. The number of likely N-dealkylation sites (tertiary alicyclic amines) is 1. The van der Waals surface area contributed by atoms with Gasteiger partial charge in [0.2, 0.25) is 0 Å². The second-order valence-corrected chi connectivity index (χ2v) is 6.29. The van der Waals surface area contributed by atoms with Gasteiger partial charge in [-0.3, -0.25) is 0 Å². The Balaban J connectivity index is 2.05. The van der Waals surface area contributed by atoms with E-state index in [0.717, 1.165) is 38.6 Å². The van der Waals surface area contributed by atoms with E-state index in [1.54, 1.807) is 0 Å². The third-order valence-corrected chi connectivity index (χ3v) is 4.42. The predicted molar refractivity (Wildman–Crippen MR) is 86.3 cm³/mol. The normalized spacial score (nSPS) is 19.6. The minimum Gasteiger partial charge on any atom is -0.382 e. The third kappa shape index (κ3) is 7.58. The van der Waals surface area contributed by atoms with Gasteiger partial charge in [0.1, 0.15) is 0 Å². The van der Waals surface area contributed by atoms with Crippen LogP contribution in [-0.2, 0) is 4.74 Å². The van der Waals surface area contributed by atoms with Gasteiger partial charge in [0.25, 0.3) is 0 Å². The first kappa shape index (κ1) is 17.9. The van der Waals surface area contributed by atoms with Crippen LogP contribution in [0.15, 0.2) is 0 Å². The van der Waals surface area contributed by atoms with Gasteiger partial charge < -0.3 is 19.9 Å². The molecule has 0 aromatic heterocycles. The molecular weight excluding hydrogens is 250 g/mol. The molecule has 1 fully saturated rings. The second kappa shape index (κ2) is 10.6. The molecule has 0 bridgehead atoms. The molecular formula is C16H35N3O. The summed E-state index contributed by atoms with van der Waals surface area (Å²) in [6.45, 7) is 12.0. The van der Waals surface area contributed by atoms with Crippen LogP contribution in [0, 0.1) is 5.92 Å². The molecule has 0 aromatic rings. The number of piperidine rings is 1. The van der Waals surface area contributed by atoms with Crippen LogP contribution in [0.25, 0.3) is 0 Å². The van der Waals surface area contributed by atoms with E-state index in [4.69, 9.17) is 4.74 Å². The van der Waals surface area contributed by atoms with Crippen molar-refractivity contribution in [2.24, 2.45) is 5.92 Å². The highest BCUT2D eigenvalue weighted by Crippen LogP contribution is 2.17. The maximum absolute atomic E-state index is 5.34. The molecule has 1 atom stereocenters. The Morgan fingerprint density at radius 2 is 2.05 bits per heavy atom. The van der Waals surface area contributed by atoms with Gasteiger partial charge >= 0.3 is 0 Å². The summed E-state index contributed by atoms with van der Waals surface area (Å²) in [6.07, 6.45) is 3.82. The quantitative estimate of drug-likeness (QED) is 0.618. The van der Waals surface area contributed by atoms with Crippen molar-refractivity contribution >= 4 is 0 Å². The van der Waals surface area contributed by atoms with Crippen LogP contribution in [0.1, 0.15) is 33.1 Å². The van der Waals surface area contributed by atoms with Crippen molar-refractivity contribution in [3.8, 4) is 0 Å². The lowest BCUT2D eigenvalue weighted by Crippen LogP contribution is -2.42. The SMILES string of the molecule is CCOCCCNCC(C)N(C)CC1CCN(C)CC1. The summed E-state index contributed by atoms with van der Waals surface area (Å²) in [5.41, 5.74) is 0. The van der Waals surface area contributed by atoms with Crippen molar-refractivity contribution < 1.29 is 4.74 Å². The maximum Gasteiger partial charge on any atom is 0.0477 e. The Labute approximate surface area is 125 Å². The lowest BCUT2D eigenvalue weighted by molar-refractivity contribution is 0.141. The van der Waals surface area contributed by atoms with E-state index in [2.05, 4.69) is 36.1 Å². The van der Waals surface area contributed by atoms with Crippen LogP contribution in [0.2, 0.25) is 0 Å². The summed E-state index contributed by atoms with van der Waals surface area (Å²) < 4.78 is 5.34. The molecule has 1 unspecified atom stereocenters. The molecule has 1 aliphatic rings. The van der Waals surface area contributed by atoms with Gasteiger partial charge in [-0.05, 0) is 72.8 Å². The third-order valence-electron chi connectivity index (χ3n) is 4.42. The zero-order chi connectivity index (χ0) is 14.8. The van der Waals surface area contributed by atoms with Crippen LogP contribution in [0.4, 0.5) is 0 Å². The number of hydrogen-bond acceptors (Lipinski definition) is 4. The molecule has 0 aliphatic carbocycles. The molecule has 20 heavy (non-hydrogen) atoms. The lowest BCUT2D eigenvalue weighted by Gasteiger charge is -2.34. The zero-order valence-corrected chi connectivity index (χ0v) is 14.0. The Morgan fingerprint density at radius 3 is 2.70 bits per heavy atom. The van der Waals surface area contributed by atoms with Crippen molar-refractivity contribution in [2.45, 2.75) is 39.2 Å². The van der Waals surface area contributed by atoms with Crippen LogP contribution >= 0.6 is 0 Å². The van der Waals surface area contributed by atoms with Crippen LogP contribution < -0.4 is 5.32 Å². The largest absolute Gasteiger partial charge is 0.382 e. The summed E-state index contributed by atoms with van der Waals surface area (Å²) in [5.74, 6) is 0.886. The summed E-state index contributed by atoms with van der Waals surface area (Å²) in [4.78, 5) is 4.96. The van der Waals surface area contributed by atoms with Crippen molar-refractivity contribution in [1.29, 1.82) is 0 Å². The average molecular weight is 285 g/mol. The molecule has 4 heteroatoms. The monoisotopic (exact) mass is 285 g/mol. The summed E-state index contributed by atoms with van der Waals surface area (Å²) in [6, 6.07) is 0.613. The van der Waals surface area contributed by atoms with Crippen molar-refractivity contribution in [3.05, 3.63) is 0 Å². The molecule has 1 saturated heterocycles. The molecule has 0 aromatic carbocycles. The first-order chi connectivity index (χ1) is 9.63. The lowest BCUT2D eigenvalue weighted by atomic mass is 9.96. The fraction of sp³-hybridized carbons (Fsp3) is 1.00. The van der Waals surface area contributed by atoms with E-state index < -0.39 is 0 Å². The summed E-state index contributed by atoms with van der Waals surface area (Å²) in [7, 11) is 4.50. The minimum absolute atomic E-state index is 0.613. The van der Waals surface area contributed by atoms with E-state index in [1.807, 2.05) is 6.92 Å². The molecule has 1 rings (SSSR count). The van der Waals surface area contributed by atoms with Gasteiger partial charge in [0.15, 0.2) is 0 Å². The molecule has 0 saturated carbocycles. The zero-order valence-electron chi connectivity index (χ0n) is 14.0. The van der Waals surface area contributed by atoms with Gasteiger partial charge in [-0.1, -0.05) is 0 Å². The Bertz CT molecular complexity index is 230. The Hall–Kier alpha value is -0.160. The highest BCUT2D eigenvalue weighted by atomic mass is 16.5. The van der Waals surface area contributed by atoms with Crippen molar-refractivity contribution in [1.82, 2.24) is 15.1 Å². The number of ether oxygens (including phenoxy) is 1. The molecule has 0 amide bonds. The molecule has 120 valence electrons. The average Bonchev–Trinajstić information content (AvgIpc) is 2.45. The van der Waals surface area contributed by atoms with Crippen LogP contribution in [0.5, 0.6) is 0 Å². The van der Waals surface area contributed by atoms with E-state index in [0.29, 0.717) is 6.04 Å². The molecule has 1 heterocycles. The predicted octanol–water partition coefficient (Wildman–Crippen LogP) is 1.66. The van der Waals surface area contributed by atoms with E-state index in [9.17, 15) is 0 Å². The Morgan fingerprint density at radius 1 is 1.35 bits per heavy atom. The number of rotatable bonds is 10. The van der Waals surface area contributed by atoms with Gasteiger partial charge in [0.05, 0.1) is 0 Å². The number of nitrogens with zero attached hydrogens (tertiary/aromatic N) is 2. The maximum atomic E-state index is 5.34. The first-order valence-corrected chi connectivity index (χ1v) is 8.30. The smallest absolute Gasteiger partial charge is 0.0477 e. The fourth-order valence-corrected chi connectivity index (χ4v) is 2.74. The minimum atomic E-state index is 0.613. The first-order valence-electron chi connectivity index (χ1n) is 8.30. The van der Waals surface area contributed by atoms with E-state index in [1.165, 1.54) is 32.5 Å². The molecule has 4 nitrogen and oxygen atoms in total. The van der Waals surface area contributed by atoms with Gasteiger partial charge in [-0.15, -0.1) is 0 Å². The number of likely N-dealkylation sites (N-methyl/N-ethyl adjacent to an activating group) is 1. The highest BCUT2D eigenvalue weighted by Gasteiger charge is 2.19. The van der Waals surface area contributed by atoms with E-state index in [-0.39, 0.29) is 0 Å². The number of nitrogens with one attached hydrogen (secondary N) is 1. The molecule has 1 aliphatic heterocycles. The van der Waals surface area contributed by atoms with Crippen LogP contribution in [0.3, 0.4) is 0 Å². The van der Waals surface area contributed by atoms with Crippen LogP contribution in [-0.4, -0.2) is 75.9 Å². The van der Waals surface area contributed by atoms with Gasteiger partial charge in [-0.2, -0.15) is 0 Å². The molecule has 0 spiro atoms.